The molecule has 5 nitrogen and oxygen atoms in total. The normalized spacial score (nSPS) is 15.9. The van der Waals surface area contributed by atoms with Crippen molar-refractivity contribution in [3.63, 3.8) is 0 Å². The van der Waals surface area contributed by atoms with Crippen LogP contribution in [0.25, 0.3) is 0 Å². The molecule has 0 radical (unpaired) electrons. The highest BCUT2D eigenvalue weighted by Crippen LogP contribution is 2.35. The molecular formula is C22H28ClN2O3+. The number of amides is 1. The zero-order valence-corrected chi connectivity index (χ0v) is 16.8. The summed E-state index contributed by atoms with van der Waals surface area (Å²) >= 11 is 6.14. The topological polar surface area (TPSA) is 63.0 Å². The van der Waals surface area contributed by atoms with Crippen molar-refractivity contribution in [3.05, 3.63) is 64.7 Å². The number of halogens is 1. The van der Waals surface area contributed by atoms with Crippen LogP contribution in [0.15, 0.2) is 48.5 Å². The van der Waals surface area contributed by atoms with Gasteiger partial charge in [0.25, 0.3) is 0 Å². The molecule has 3 N–H and O–H groups in total. The van der Waals surface area contributed by atoms with Gasteiger partial charge in [0, 0.05) is 35.9 Å². The second-order valence-corrected chi connectivity index (χ2v) is 7.62. The highest BCUT2D eigenvalue weighted by atomic mass is 35.5. The molecule has 2 aromatic rings. The van der Waals surface area contributed by atoms with E-state index in [0.717, 1.165) is 44.8 Å². The Bertz CT molecular complexity index is 764. The van der Waals surface area contributed by atoms with E-state index in [1.54, 1.807) is 18.2 Å². The van der Waals surface area contributed by atoms with Gasteiger partial charge in [0.05, 0.1) is 19.8 Å². The smallest absolute Gasteiger partial charge is 0.220 e. The summed E-state index contributed by atoms with van der Waals surface area (Å²) in [5.74, 6) is -0.114. The summed E-state index contributed by atoms with van der Waals surface area (Å²) in [6.07, 6.45) is 1.21. The average molecular weight is 404 g/mol. The van der Waals surface area contributed by atoms with Gasteiger partial charge >= 0.3 is 0 Å². The predicted octanol–water partition coefficient (Wildman–Crippen LogP) is 1.99. The third-order valence-corrected chi connectivity index (χ3v) is 5.42. The molecule has 1 heterocycles. The number of hydrogen-bond acceptors (Lipinski definition) is 3. The number of carbonyl (C=O) groups excluding carboxylic acids is 1. The fourth-order valence-corrected chi connectivity index (χ4v) is 3.81. The molecule has 6 heteroatoms. The number of quaternary nitrogens is 1. The number of phenols is 1. The van der Waals surface area contributed by atoms with Crippen LogP contribution < -0.4 is 10.2 Å². The first-order chi connectivity index (χ1) is 13.6. The summed E-state index contributed by atoms with van der Waals surface area (Å²) in [5, 5.41) is 13.9. The van der Waals surface area contributed by atoms with Gasteiger partial charge in [0.15, 0.2) is 0 Å². The Morgan fingerprint density at radius 1 is 1.18 bits per heavy atom. The minimum absolute atomic E-state index is 0.0230. The van der Waals surface area contributed by atoms with Crippen molar-refractivity contribution in [2.24, 2.45) is 0 Å². The standard InChI is InChI=1S/C22H27ClN2O3/c23-18-7-8-21(26)20(15-18)19(17-5-2-1-3-6-17)16-22(27)24-9-4-10-25-11-13-28-14-12-25/h1-3,5-8,15,19,26H,4,9-14,16H2,(H,24,27)/p+1/t19-/m1/s1. The predicted molar refractivity (Wildman–Crippen MR) is 110 cm³/mol. The summed E-state index contributed by atoms with van der Waals surface area (Å²) in [7, 11) is 0. The zero-order chi connectivity index (χ0) is 19.8. The van der Waals surface area contributed by atoms with E-state index in [2.05, 4.69) is 5.32 Å². The Morgan fingerprint density at radius 2 is 1.93 bits per heavy atom. The number of benzene rings is 2. The lowest BCUT2D eigenvalue weighted by Crippen LogP contribution is -3.14. The lowest BCUT2D eigenvalue weighted by Gasteiger charge is -2.23. The molecule has 3 rings (SSSR count). The Kier molecular flexibility index (Phi) is 7.71. The number of ether oxygens (including phenoxy) is 1. The second-order valence-electron chi connectivity index (χ2n) is 7.19. The Labute approximate surface area is 171 Å². The van der Waals surface area contributed by atoms with Crippen molar-refractivity contribution in [3.8, 4) is 5.75 Å². The van der Waals surface area contributed by atoms with E-state index in [0.29, 0.717) is 17.1 Å². The van der Waals surface area contributed by atoms with Crippen LogP contribution in [-0.2, 0) is 9.53 Å². The van der Waals surface area contributed by atoms with E-state index in [1.165, 1.54) is 4.90 Å². The first kappa shape index (κ1) is 20.6. The summed E-state index contributed by atoms with van der Waals surface area (Å²) in [5.41, 5.74) is 1.65. The lowest BCUT2D eigenvalue weighted by atomic mass is 9.87. The maximum absolute atomic E-state index is 12.6. The number of aromatic hydroxyl groups is 1. The average Bonchev–Trinajstić information content (AvgIpc) is 2.73. The minimum atomic E-state index is -0.246. The summed E-state index contributed by atoms with van der Waals surface area (Å²) in [4.78, 5) is 14.1. The first-order valence-electron chi connectivity index (χ1n) is 9.85. The maximum atomic E-state index is 12.6. The van der Waals surface area contributed by atoms with Crippen molar-refractivity contribution in [2.75, 3.05) is 39.4 Å². The van der Waals surface area contributed by atoms with E-state index in [1.807, 2.05) is 30.3 Å². The van der Waals surface area contributed by atoms with Gasteiger partial charge in [0.2, 0.25) is 5.91 Å². The highest BCUT2D eigenvalue weighted by Gasteiger charge is 2.21. The molecule has 28 heavy (non-hydrogen) atoms. The molecule has 1 aliphatic heterocycles. The number of phenolic OH excluding ortho intramolecular Hbond substituents is 1. The molecule has 0 aromatic heterocycles. The Morgan fingerprint density at radius 3 is 2.68 bits per heavy atom. The van der Waals surface area contributed by atoms with Crippen molar-refractivity contribution in [2.45, 2.75) is 18.8 Å². The number of nitrogens with one attached hydrogen (secondary N) is 2. The molecule has 0 aliphatic carbocycles. The molecule has 2 aromatic carbocycles. The fourth-order valence-electron chi connectivity index (χ4n) is 3.63. The molecule has 1 amide bonds. The van der Waals surface area contributed by atoms with E-state index >= 15 is 0 Å². The maximum Gasteiger partial charge on any atom is 0.220 e. The molecule has 0 unspecified atom stereocenters. The van der Waals surface area contributed by atoms with E-state index in [9.17, 15) is 9.90 Å². The molecular weight excluding hydrogens is 376 g/mol. The van der Waals surface area contributed by atoms with Crippen molar-refractivity contribution in [1.29, 1.82) is 0 Å². The zero-order valence-electron chi connectivity index (χ0n) is 16.0. The van der Waals surface area contributed by atoms with Gasteiger partial charge in [-0.2, -0.15) is 0 Å². The molecule has 1 fully saturated rings. The summed E-state index contributed by atoms with van der Waals surface area (Å²) in [6.45, 7) is 5.43. The first-order valence-corrected chi connectivity index (χ1v) is 10.2. The van der Waals surface area contributed by atoms with Crippen molar-refractivity contribution >= 4 is 17.5 Å². The van der Waals surface area contributed by atoms with E-state index in [4.69, 9.17) is 16.3 Å². The molecule has 0 spiro atoms. The SMILES string of the molecule is O=C(C[C@H](c1ccccc1)c1cc(Cl)ccc1O)NCCC[NH+]1CCOCC1. The van der Waals surface area contributed by atoms with Crippen LogP contribution in [0.4, 0.5) is 0 Å². The van der Waals surface area contributed by atoms with Gasteiger partial charge in [-0.05, 0) is 23.8 Å². The Hall–Kier alpha value is -2.08. The van der Waals surface area contributed by atoms with Crippen LogP contribution in [-0.4, -0.2) is 50.4 Å². The quantitative estimate of drug-likeness (QED) is 0.591. The number of hydrogen-bond donors (Lipinski definition) is 3. The minimum Gasteiger partial charge on any atom is -0.508 e. The molecule has 0 bridgehead atoms. The van der Waals surface area contributed by atoms with E-state index in [-0.39, 0.29) is 24.0 Å². The third kappa shape index (κ3) is 5.96. The van der Waals surface area contributed by atoms with Crippen molar-refractivity contribution < 1.29 is 19.5 Å². The van der Waals surface area contributed by atoms with Crippen molar-refractivity contribution in [1.82, 2.24) is 5.32 Å². The molecule has 1 atom stereocenters. The number of carbonyl (C=O) groups is 1. The van der Waals surface area contributed by atoms with Gasteiger partial charge < -0.3 is 20.1 Å². The largest absolute Gasteiger partial charge is 0.508 e. The van der Waals surface area contributed by atoms with Crippen LogP contribution in [0.5, 0.6) is 5.75 Å². The van der Waals surface area contributed by atoms with Crippen LogP contribution in [0.1, 0.15) is 29.9 Å². The van der Waals surface area contributed by atoms with Gasteiger partial charge in [-0.3, -0.25) is 4.79 Å². The van der Waals surface area contributed by atoms with Gasteiger partial charge in [0.1, 0.15) is 18.8 Å². The second kappa shape index (κ2) is 10.5. The third-order valence-electron chi connectivity index (χ3n) is 5.19. The van der Waals surface area contributed by atoms with E-state index < -0.39 is 0 Å². The van der Waals surface area contributed by atoms with Crippen LogP contribution in [0.3, 0.4) is 0 Å². The summed E-state index contributed by atoms with van der Waals surface area (Å²) < 4.78 is 5.37. The molecule has 0 saturated carbocycles. The monoisotopic (exact) mass is 403 g/mol. The highest BCUT2D eigenvalue weighted by molar-refractivity contribution is 6.30. The van der Waals surface area contributed by atoms with Crippen LogP contribution in [0, 0.1) is 0 Å². The molecule has 150 valence electrons. The molecule has 1 aliphatic rings. The lowest BCUT2D eigenvalue weighted by molar-refractivity contribution is -0.908. The van der Waals surface area contributed by atoms with Crippen LogP contribution in [0.2, 0.25) is 5.02 Å². The number of morpholine rings is 1. The molecule has 1 saturated heterocycles. The van der Waals surface area contributed by atoms with Gasteiger partial charge in [-0.1, -0.05) is 41.9 Å². The van der Waals surface area contributed by atoms with Gasteiger partial charge in [-0.15, -0.1) is 0 Å². The van der Waals surface area contributed by atoms with Crippen LogP contribution >= 0.6 is 11.6 Å². The van der Waals surface area contributed by atoms with Gasteiger partial charge in [-0.25, -0.2) is 0 Å². The Balaban J connectivity index is 1.59. The fraction of sp³-hybridized carbons (Fsp3) is 0.409. The number of rotatable bonds is 8. The summed E-state index contributed by atoms with van der Waals surface area (Å²) in [6, 6.07) is 14.7.